The summed E-state index contributed by atoms with van der Waals surface area (Å²) in [6.07, 6.45) is 96.3. The minimum absolute atomic E-state index is 0.101. The lowest BCUT2D eigenvalue weighted by Gasteiger charge is -2.18. The third-order valence-corrected chi connectivity index (χ3v) is 14.1. The van der Waals surface area contributed by atoms with Crippen LogP contribution in [0.25, 0.3) is 0 Å². The molecule has 0 saturated heterocycles. The van der Waals surface area contributed by atoms with Crippen molar-refractivity contribution in [3.05, 3.63) is 134 Å². The normalized spacial score (nSPS) is 13.0. The zero-order valence-corrected chi connectivity index (χ0v) is 52.8. The highest BCUT2D eigenvalue weighted by Crippen LogP contribution is 2.17. The van der Waals surface area contributed by atoms with Crippen molar-refractivity contribution in [3.8, 4) is 0 Å². The van der Waals surface area contributed by atoms with E-state index in [9.17, 15) is 14.4 Å². The highest BCUT2D eigenvalue weighted by atomic mass is 16.6. The van der Waals surface area contributed by atoms with Gasteiger partial charge in [0.1, 0.15) is 13.2 Å². The Morgan fingerprint density at radius 3 is 0.716 bits per heavy atom. The number of rotatable bonds is 60. The minimum atomic E-state index is -0.810. The molecule has 0 fully saturated rings. The van der Waals surface area contributed by atoms with Crippen molar-refractivity contribution in [2.45, 2.75) is 309 Å². The molecule has 0 amide bonds. The number of esters is 3. The van der Waals surface area contributed by atoms with E-state index in [1.807, 2.05) is 0 Å². The summed E-state index contributed by atoms with van der Waals surface area (Å²) in [7, 11) is 0. The lowest BCUT2D eigenvalue weighted by molar-refractivity contribution is -0.167. The van der Waals surface area contributed by atoms with Crippen LogP contribution in [0.2, 0.25) is 0 Å². The van der Waals surface area contributed by atoms with Crippen LogP contribution in [-0.4, -0.2) is 37.2 Å². The third-order valence-electron chi connectivity index (χ3n) is 14.1. The molecule has 6 nitrogen and oxygen atoms in total. The van der Waals surface area contributed by atoms with Crippen molar-refractivity contribution in [2.75, 3.05) is 13.2 Å². The number of hydrogen-bond donors (Lipinski definition) is 0. The minimum Gasteiger partial charge on any atom is -0.462 e. The number of carbonyl (C=O) groups excluding carboxylic acids is 3. The highest BCUT2D eigenvalue weighted by molar-refractivity contribution is 5.71. The molecule has 0 aliphatic carbocycles. The van der Waals surface area contributed by atoms with Crippen molar-refractivity contribution in [1.29, 1.82) is 0 Å². The second kappa shape index (κ2) is 68.1. The summed E-state index contributed by atoms with van der Waals surface area (Å²) in [5.41, 5.74) is 0. The first-order valence-corrected chi connectivity index (χ1v) is 33.7. The van der Waals surface area contributed by atoms with Crippen molar-refractivity contribution in [2.24, 2.45) is 0 Å². The van der Waals surface area contributed by atoms with Gasteiger partial charge in [0.2, 0.25) is 0 Å². The van der Waals surface area contributed by atoms with Crippen LogP contribution in [0, 0.1) is 0 Å². The fourth-order valence-corrected chi connectivity index (χ4v) is 9.21. The molecule has 0 aromatic carbocycles. The van der Waals surface area contributed by atoms with Crippen LogP contribution in [-0.2, 0) is 28.6 Å². The average Bonchev–Trinajstić information content (AvgIpc) is 3.47. The van der Waals surface area contributed by atoms with Gasteiger partial charge in [0.25, 0.3) is 0 Å². The fourth-order valence-electron chi connectivity index (χ4n) is 9.21. The SMILES string of the molecule is CC/C=C\C/C=C\C/C=C\C/C=C\CCCCCCCCCCCCCCCCCCCCCCC(=O)OCC(COC(=O)CCCCCCC/C=C\C/C=C\C/C=C\CC)OC(=O)CCCC/C=C\C/C=C\C/C=C\C/C=C\CC. The molecule has 0 rings (SSSR count). The van der Waals surface area contributed by atoms with Gasteiger partial charge in [-0.2, -0.15) is 0 Å². The first-order valence-electron chi connectivity index (χ1n) is 33.7. The number of hydrogen-bond acceptors (Lipinski definition) is 6. The van der Waals surface area contributed by atoms with Crippen LogP contribution in [0.15, 0.2) is 134 Å². The predicted molar refractivity (Wildman–Crippen MR) is 353 cm³/mol. The molecule has 1 atom stereocenters. The Morgan fingerprint density at radius 2 is 0.444 bits per heavy atom. The molecule has 0 N–H and O–H groups in total. The fraction of sp³-hybridized carbons (Fsp3) is 0.667. The lowest BCUT2D eigenvalue weighted by Crippen LogP contribution is -2.30. The molecular weight excluding hydrogens is 997 g/mol. The molecule has 0 saturated carbocycles. The molecular formula is C75H124O6. The third kappa shape index (κ3) is 66.2. The largest absolute Gasteiger partial charge is 0.462 e. The number of unbranched alkanes of at least 4 members (excludes halogenated alkanes) is 27. The smallest absolute Gasteiger partial charge is 0.306 e. The quantitative estimate of drug-likeness (QED) is 0.0261. The van der Waals surface area contributed by atoms with E-state index < -0.39 is 6.10 Å². The van der Waals surface area contributed by atoms with Crippen LogP contribution < -0.4 is 0 Å². The molecule has 0 aromatic rings. The molecule has 0 aromatic heterocycles. The Labute approximate surface area is 500 Å². The molecule has 0 aliphatic heterocycles. The molecule has 0 spiro atoms. The van der Waals surface area contributed by atoms with E-state index in [0.29, 0.717) is 19.3 Å². The Morgan fingerprint density at radius 1 is 0.247 bits per heavy atom. The zero-order chi connectivity index (χ0) is 58.5. The molecule has 81 heavy (non-hydrogen) atoms. The average molecular weight is 1120 g/mol. The van der Waals surface area contributed by atoms with E-state index >= 15 is 0 Å². The van der Waals surface area contributed by atoms with Crippen molar-refractivity contribution >= 4 is 17.9 Å². The van der Waals surface area contributed by atoms with Crippen LogP contribution in [0.5, 0.6) is 0 Å². The van der Waals surface area contributed by atoms with Gasteiger partial charge in [-0.15, -0.1) is 0 Å². The maximum atomic E-state index is 12.9. The van der Waals surface area contributed by atoms with Crippen LogP contribution in [0.3, 0.4) is 0 Å². The topological polar surface area (TPSA) is 78.9 Å². The zero-order valence-electron chi connectivity index (χ0n) is 52.8. The predicted octanol–water partition coefficient (Wildman–Crippen LogP) is 23.3. The Bertz CT molecular complexity index is 1720. The standard InChI is InChI=1S/C75H124O6/c1-4-7-10-13-16-19-22-25-28-29-30-31-32-33-34-35-36-37-38-39-40-41-42-43-44-45-48-50-53-56-59-62-65-68-74(77)80-71-72(81-75(78)69-66-63-60-57-54-51-47-27-24-21-18-15-12-9-6-3)70-79-73(76)67-64-61-58-55-52-49-46-26-23-20-17-14-11-8-5-2/h7-12,16-21,25-28,30-31,46-47,54,57,72H,4-6,13-15,22-24,29,32-45,48-53,55-56,58-71H2,1-3H3/b10-7-,11-8-,12-9-,19-16-,20-17-,21-18-,28-25-,31-30-,46-26-,47-27-,57-54-. The molecule has 0 radical (unpaired) electrons. The maximum absolute atomic E-state index is 12.9. The molecule has 460 valence electrons. The van der Waals surface area contributed by atoms with E-state index in [0.717, 1.165) is 141 Å². The van der Waals surface area contributed by atoms with Crippen molar-refractivity contribution < 1.29 is 28.6 Å². The summed E-state index contributed by atoms with van der Waals surface area (Å²) in [5, 5.41) is 0. The molecule has 6 heteroatoms. The summed E-state index contributed by atoms with van der Waals surface area (Å²) < 4.78 is 16.9. The van der Waals surface area contributed by atoms with E-state index in [-0.39, 0.29) is 37.5 Å². The Balaban J connectivity index is 4.21. The van der Waals surface area contributed by atoms with E-state index in [4.69, 9.17) is 14.2 Å². The van der Waals surface area contributed by atoms with E-state index in [2.05, 4.69) is 154 Å². The number of carbonyl (C=O) groups is 3. The summed E-state index contributed by atoms with van der Waals surface area (Å²) in [6, 6.07) is 0. The summed E-state index contributed by atoms with van der Waals surface area (Å²) in [6.45, 7) is 6.27. The summed E-state index contributed by atoms with van der Waals surface area (Å²) in [4.78, 5) is 38.3. The van der Waals surface area contributed by atoms with Crippen molar-refractivity contribution in [1.82, 2.24) is 0 Å². The van der Waals surface area contributed by atoms with Gasteiger partial charge in [-0.3, -0.25) is 14.4 Å². The Kier molecular flexibility index (Phi) is 64.3. The van der Waals surface area contributed by atoms with Gasteiger partial charge in [0, 0.05) is 19.3 Å². The second-order valence-electron chi connectivity index (χ2n) is 21.9. The lowest BCUT2D eigenvalue weighted by atomic mass is 10.0. The molecule has 1 unspecified atom stereocenters. The van der Waals surface area contributed by atoms with Crippen molar-refractivity contribution in [3.63, 3.8) is 0 Å². The van der Waals surface area contributed by atoms with Gasteiger partial charge < -0.3 is 14.2 Å². The summed E-state index contributed by atoms with van der Waals surface area (Å²) >= 11 is 0. The van der Waals surface area contributed by atoms with Gasteiger partial charge in [-0.1, -0.05) is 289 Å². The van der Waals surface area contributed by atoms with E-state index in [1.165, 1.54) is 116 Å². The maximum Gasteiger partial charge on any atom is 0.306 e. The monoisotopic (exact) mass is 1120 g/mol. The van der Waals surface area contributed by atoms with Gasteiger partial charge in [-0.05, 0) is 128 Å². The van der Waals surface area contributed by atoms with Crippen LogP contribution >= 0.6 is 0 Å². The molecule has 0 heterocycles. The van der Waals surface area contributed by atoms with Gasteiger partial charge in [0.15, 0.2) is 6.10 Å². The first kappa shape index (κ1) is 76.5. The molecule has 0 bridgehead atoms. The molecule has 0 aliphatic rings. The van der Waals surface area contributed by atoms with Gasteiger partial charge in [0.05, 0.1) is 0 Å². The van der Waals surface area contributed by atoms with Crippen LogP contribution in [0.4, 0.5) is 0 Å². The van der Waals surface area contributed by atoms with Gasteiger partial charge >= 0.3 is 17.9 Å². The first-order chi connectivity index (χ1) is 40.0. The van der Waals surface area contributed by atoms with Crippen LogP contribution in [0.1, 0.15) is 303 Å². The second-order valence-corrected chi connectivity index (χ2v) is 21.9. The Hall–Kier alpha value is -4.45. The summed E-state index contributed by atoms with van der Waals surface area (Å²) in [5.74, 6) is -0.955. The number of allylic oxidation sites excluding steroid dienone is 22. The van der Waals surface area contributed by atoms with Gasteiger partial charge in [-0.25, -0.2) is 0 Å². The highest BCUT2D eigenvalue weighted by Gasteiger charge is 2.19. The van der Waals surface area contributed by atoms with E-state index in [1.54, 1.807) is 0 Å². The number of ether oxygens (including phenoxy) is 3.